The second-order valence-corrected chi connectivity index (χ2v) is 12.7. The molecular formula is C30H29F2N7O7S. The van der Waals surface area contributed by atoms with Gasteiger partial charge in [-0.25, -0.2) is 18.4 Å². The summed E-state index contributed by atoms with van der Waals surface area (Å²) < 4.78 is 72.8. The van der Waals surface area contributed by atoms with Crippen molar-refractivity contribution in [3.8, 4) is 5.75 Å². The molecule has 2 fully saturated rings. The number of halogens is 2. The van der Waals surface area contributed by atoms with Gasteiger partial charge in [0, 0.05) is 36.3 Å². The first-order valence-corrected chi connectivity index (χ1v) is 16.0. The Morgan fingerprint density at radius 1 is 0.872 bits per heavy atom. The van der Waals surface area contributed by atoms with Gasteiger partial charge in [-0.05, 0) is 30.7 Å². The highest BCUT2D eigenvalue weighted by molar-refractivity contribution is 7.85. The molecule has 14 nitrogen and oxygen atoms in total. The highest BCUT2D eigenvalue weighted by Crippen LogP contribution is 2.53. The third-order valence-electron chi connectivity index (χ3n) is 9.09. The molecule has 0 radical (unpaired) electrons. The number of methoxy groups -OCH3 is 2. The average Bonchev–Trinajstić information content (AvgIpc) is 3.77. The largest absolute Gasteiger partial charge is 0.453 e. The van der Waals surface area contributed by atoms with Gasteiger partial charge in [0.1, 0.15) is 29.1 Å². The van der Waals surface area contributed by atoms with E-state index in [-0.39, 0.29) is 13.0 Å². The number of azo groups is 1. The Morgan fingerprint density at radius 2 is 1.51 bits per heavy atom. The lowest BCUT2D eigenvalue weighted by Crippen LogP contribution is -2.55. The SMILES string of the molecule is COC(=O)N1CC[C@]2(/N=N/c3cccc4c3NC3N(C(=O)OC)CC[C@]43NS(=O)(=O)Oc3c(F)cccc3F)c3ccccc3NC12. The summed E-state index contributed by atoms with van der Waals surface area (Å²) in [6, 6.07) is 15.3. The number of nitrogens with one attached hydrogen (secondary N) is 3. The van der Waals surface area contributed by atoms with Crippen LogP contribution in [0.15, 0.2) is 70.9 Å². The van der Waals surface area contributed by atoms with Crippen LogP contribution in [0.2, 0.25) is 0 Å². The Morgan fingerprint density at radius 3 is 2.23 bits per heavy atom. The lowest BCUT2D eigenvalue weighted by atomic mass is 9.89. The van der Waals surface area contributed by atoms with Gasteiger partial charge in [-0.2, -0.15) is 23.4 Å². The van der Waals surface area contributed by atoms with Crippen LogP contribution in [0.5, 0.6) is 5.75 Å². The van der Waals surface area contributed by atoms with Crippen LogP contribution in [0, 0.1) is 11.6 Å². The summed E-state index contributed by atoms with van der Waals surface area (Å²) in [4.78, 5) is 28.3. The Balaban J connectivity index is 1.28. The van der Waals surface area contributed by atoms with Gasteiger partial charge in [0.15, 0.2) is 11.6 Å². The molecular weight excluding hydrogens is 640 g/mol. The number of hydrogen-bond donors (Lipinski definition) is 3. The van der Waals surface area contributed by atoms with Crippen LogP contribution in [-0.2, 0) is 30.9 Å². The highest BCUT2D eigenvalue weighted by atomic mass is 32.2. The van der Waals surface area contributed by atoms with E-state index in [1.54, 1.807) is 23.1 Å². The fourth-order valence-corrected chi connectivity index (χ4v) is 8.22. The Kier molecular flexibility index (Phi) is 7.20. The number of carbonyl (C=O) groups excluding carboxylic acids is 2. The number of amides is 2. The summed E-state index contributed by atoms with van der Waals surface area (Å²) in [5, 5.41) is 16.1. The molecule has 0 bridgehead atoms. The zero-order valence-electron chi connectivity index (χ0n) is 25.1. The molecule has 0 saturated carbocycles. The van der Waals surface area contributed by atoms with Crippen molar-refractivity contribution in [2.45, 2.75) is 36.3 Å². The first kappa shape index (κ1) is 30.6. The van der Waals surface area contributed by atoms with Gasteiger partial charge in [-0.1, -0.05) is 36.4 Å². The van der Waals surface area contributed by atoms with Crippen molar-refractivity contribution in [3.63, 3.8) is 0 Å². The highest BCUT2D eigenvalue weighted by Gasteiger charge is 2.59. The van der Waals surface area contributed by atoms with Gasteiger partial charge >= 0.3 is 22.5 Å². The summed E-state index contributed by atoms with van der Waals surface area (Å²) in [7, 11) is -2.38. The van der Waals surface area contributed by atoms with Crippen LogP contribution in [0.4, 0.5) is 35.4 Å². The number of nitrogens with zero attached hydrogens (tertiary/aromatic N) is 4. The molecule has 0 aliphatic carbocycles. The molecule has 3 N–H and O–H groups in total. The van der Waals surface area contributed by atoms with Crippen molar-refractivity contribution in [1.82, 2.24) is 14.5 Å². The van der Waals surface area contributed by atoms with Gasteiger partial charge in [-0.15, -0.1) is 0 Å². The van der Waals surface area contributed by atoms with E-state index >= 15 is 0 Å². The number of anilines is 2. The molecule has 3 aromatic rings. The summed E-state index contributed by atoms with van der Waals surface area (Å²) in [6.45, 7) is 0.426. The molecule has 3 aromatic carbocycles. The van der Waals surface area contributed by atoms with Crippen molar-refractivity contribution < 1.29 is 40.4 Å². The molecule has 0 spiro atoms. The zero-order chi connectivity index (χ0) is 33.1. The maximum absolute atomic E-state index is 14.4. The van der Waals surface area contributed by atoms with E-state index in [4.69, 9.17) is 18.8 Å². The van der Waals surface area contributed by atoms with Crippen LogP contribution in [0.3, 0.4) is 0 Å². The smallest absolute Gasteiger partial charge is 0.411 e. The Labute approximate surface area is 267 Å². The molecule has 4 heterocycles. The minimum absolute atomic E-state index is 0.0487. The number of para-hydroxylation sites is 3. The van der Waals surface area contributed by atoms with Crippen molar-refractivity contribution in [2.24, 2.45) is 10.2 Å². The standard InChI is InChI=1S/C30H29F2N7O7S/c1-44-27(40)38-15-13-29(17-7-3-4-11-21(17)33-25(29)38)36-35-22-12-5-8-18-23(22)34-26-30(18,14-16-39(26)28(41)45-2)37-47(42,43)46-24-19(31)9-6-10-20(24)32/h3-12,25-26,33-34,37H,13-16H2,1-2H3/b36-35+/t25?,26?,29-,30-/m0/s1. The molecule has 2 saturated heterocycles. The maximum atomic E-state index is 14.4. The number of carbonyl (C=O) groups is 2. The predicted molar refractivity (Wildman–Crippen MR) is 162 cm³/mol. The molecule has 2 amide bonds. The summed E-state index contributed by atoms with van der Waals surface area (Å²) in [5.41, 5.74) is 0.206. The molecule has 17 heteroatoms. The van der Waals surface area contributed by atoms with Gasteiger partial charge in [0.25, 0.3) is 0 Å². The quantitative estimate of drug-likeness (QED) is 0.321. The third-order valence-corrected chi connectivity index (χ3v) is 10.1. The molecule has 7 rings (SSSR count). The molecule has 47 heavy (non-hydrogen) atoms. The fraction of sp³-hybridized carbons (Fsp3) is 0.333. The zero-order valence-corrected chi connectivity index (χ0v) is 25.9. The summed E-state index contributed by atoms with van der Waals surface area (Å²) in [6.07, 6.45) is -2.38. The van der Waals surface area contributed by atoms with Gasteiger partial charge in [-0.3, -0.25) is 9.80 Å². The fourth-order valence-electron chi connectivity index (χ4n) is 7.03. The van der Waals surface area contributed by atoms with E-state index in [1.165, 1.54) is 19.1 Å². The first-order chi connectivity index (χ1) is 22.5. The normalized spacial score (nSPS) is 25.4. The van der Waals surface area contributed by atoms with E-state index < -0.39 is 63.3 Å². The van der Waals surface area contributed by atoms with Gasteiger partial charge in [0.05, 0.1) is 19.9 Å². The van der Waals surface area contributed by atoms with E-state index in [9.17, 15) is 26.8 Å². The van der Waals surface area contributed by atoms with E-state index in [0.29, 0.717) is 29.9 Å². The molecule has 2 unspecified atom stereocenters. The van der Waals surface area contributed by atoms with Crippen molar-refractivity contribution >= 4 is 39.6 Å². The lowest BCUT2D eigenvalue weighted by Gasteiger charge is -2.32. The minimum atomic E-state index is -4.89. The van der Waals surface area contributed by atoms with E-state index in [0.717, 1.165) is 29.4 Å². The minimum Gasteiger partial charge on any atom is -0.453 e. The number of fused-ring (bicyclic) bond motifs is 6. The lowest BCUT2D eigenvalue weighted by molar-refractivity contribution is 0.116. The number of rotatable bonds is 6. The number of ether oxygens (including phenoxy) is 2. The molecule has 4 atom stereocenters. The van der Waals surface area contributed by atoms with Crippen LogP contribution in [0.25, 0.3) is 0 Å². The number of likely N-dealkylation sites (tertiary alicyclic amines) is 2. The summed E-state index contributed by atoms with van der Waals surface area (Å²) >= 11 is 0. The first-order valence-electron chi connectivity index (χ1n) is 14.6. The van der Waals surface area contributed by atoms with Crippen molar-refractivity contribution in [1.29, 1.82) is 0 Å². The number of benzene rings is 3. The van der Waals surface area contributed by atoms with Crippen LogP contribution in [-0.4, -0.2) is 70.0 Å². The van der Waals surface area contributed by atoms with Crippen molar-refractivity contribution in [2.75, 3.05) is 37.9 Å². The molecule has 4 aliphatic heterocycles. The topological polar surface area (TPSA) is 163 Å². The second-order valence-electron chi connectivity index (χ2n) is 11.5. The maximum Gasteiger partial charge on any atom is 0.411 e. The van der Waals surface area contributed by atoms with E-state index in [2.05, 4.69) is 20.5 Å². The third kappa shape index (κ3) is 4.71. The predicted octanol–water partition coefficient (Wildman–Crippen LogP) is 4.50. The Bertz CT molecular complexity index is 1910. The second kappa shape index (κ2) is 11.0. The van der Waals surface area contributed by atoms with Crippen LogP contribution >= 0.6 is 0 Å². The monoisotopic (exact) mass is 669 g/mol. The Hall–Kier alpha value is -5.03. The molecule has 4 aliphatic rings. The van der Waals surface area contributed by atoms with Crippen LogP contribution < -0.4 is 19.5 Å². The average molecular weight is 670 g/mol. The van der Waals surface area contributed by atoms with Crippen LogP contribution in [0.1, 0.15) is 24.0 Å². The van der Waals surface area contributed by atoms with E-state index in [1.807, 2.05) is 24.3 Å². The molecule has 0 aromatic heterocycles. The summed E-state index contributed by atoms with van der Waals surface area (Å²) in [5.74, 6) is -3.52. The van der Waals surface area contributed by atoms with Crippen molar-refractivity contribution in [3.05, 3.63) is 83.4 Å². The molecule has 246 valence electrons. The van der Waals surface area contributed by atoms with Gasteiger partial charge < -0.3 is 24.3 Å². The van der Waals surface area contributed by atoms with Gasteiger partial charge in [0.2, 0.25) is 5.75 Å². The number of hydrogen-bond acceptors (Lipinski definition) is 11.